The monoisotopic (exact) mass is 496 g/mol. The van der Waals surface area contributed by atoms with Crippen molar-refractivity contribution in [2.75, 3.05) is 12.1 Å². The van der Waals surface area contributed by atoms with E-state index in [2.05, 4.69) is 37.3 Å². The van der Waals surface area contributed by atoms with Crippen molar-refractivity contribution >= 4 is 28.5 Å². The van der Waals surface area contributed by atoms with Crippen LogP contribution in [-0.4, -0.2) is 18.7 Å². The summed E-state index contributed by atoms with van der Waals surface area (Å²) in [6.45, 7) is 2.15. The summed E-state index contributed by atoms with van der Waals surface area (Å²) in [5.41, 5.74) is 6.34. The standard InChI is InChI=1S/C34H28N2O2/c1-3-24-23-30(25-13-7-4-8-14-25)34(31(24)26-15-9-5-10-16-26)32(27-19-21-29(38-2)22-20-27)35-36(33(34)37)28-17-11-6-12-18-28/h4-23H,3H2,1-2H3/t34-/m1/s1. The fourth-order valence-corrected chi connectivity index (χ4v) is 5.65. The first-order chi connectivity index (χ1) is 18.7. The molecule has 0 radical (unpaired) electrons. The average Bonchev–Trinajstić information content (AvgIpc) is 3.50. The van der Waals surface area contributed by atoms with E-state index >= 15 is 0 Å². The summed E-state index contributed by atoms with van der Waals surface area (Å²) in [6.07, 6.45) is 3.00. The van der Waals surface area contributed by atoms with Gasteiger partial charge in [-0.05, 0) is 76.2 Å². The lowest BCUT2D eigenvalue weighted by molar-refractivity contribution is -0.120. The van der Waals surface area contributed by atoms with E-state index in [1.54, 1.807) is 12.1 Å². The number of hydrogen-bond donors (Lipinski definition) is 0. The van der Waals surface area contributed by atoms with Gasteiger partial charge in [0.2, 0.25) is 0 Å². The van der Waals surface area contributed by atoms with Gasteiger partial charge in [0.15, 0.2) is 0 Å². The number of hydrazone groups is 1. The lowest BCUT2D eigenvalue weighted by Gasteiger charge is -2.32. The first-order valence-electron chi connectivity index (χ1n) is 12.9. The second-order valence-electron chi connectivity index (χ2n) is 9.42. The topological polar surface area (TPSA) is 41.9 Å². The Labute approximate surface area is 223 Å². The Balaban J connectivity index is 1.68. The first-order valence-corrected chi connectivity index (χ1v) is 12.9. The van der Waals surface area contributed by atoms with E-state index < -0.39 is 5.41 Å². The van der Waals surface area contributed by atoms with E-state index in [0.717, 1.165) is 51.3 Å². The molecule has 6 rings (SSSR count). The Morgan fingerprint density at radius 1 is 0.737 bits per heavy atom. The van der Waals surface area contributed by atoms with Crippen LogP contribution in [0.15, 0.2) is 132 Å². The van der Waals surface area contributed by atoms with Gasteiger partial charge in [-0.1, -0.05) is 91.9 Å². The highest BCUT2D eigenvalue weighted by atomic mass is 16.5. The molecule has 1 heterocycles. The number of amides is 1. The average molecular weight is 497 g/mol. The molecule has 0 fully saturated rings. The fraction of sp³-hybridized carbons (Fsp3) is 0.118. The molecule has 0 unspecified atom stereocenters. The third-order valence-electron chi connectivity index (χ3n) is 7.38. The van der Waals surface area contributed by atoms with E-state index in [1.165, 1.54) is 0 Å². The number of benzene rings is 4. The Kier molecular flexibility index (Phi) is 6.01. The molecule has 0 saturated carbocycles. The van der Waals surface area contributed by atoms with Crippen molar-refractivity contribution in [2.24, 2.45) is 10.5 Å². The predicted molar refractivity (Wildman–Crippen MR) is 154 cm³/mol. The van der Waals surface area contributed by atoms with Crippen LogP contribution < -0.4 is 9.75 Å². The molecule has 0 N–H and O–H groups in total. The zero-order chi connectivity index (χ0) is 26.1. The molecule has 4 aromatic rings. The maximum Gasteiger partial charge on any atom is 0.268 e. The van der Waals surface area contributed by atoms with Gasteiger partial charge in [-0.2, -0.15) is 10.1 Å². The molecule has 0 bridgehead atoms. The van der Waals surface area contributed by atoms with Gasteiger partial charge in [0.1, 0.15) is 11.2 Å². The normalized spacial score (nSPS) is 18.7. The third-order valence-corrected chi connectivity index (χ3v) is 7.38. The molecule has 1 spiro atoms. The zero-order valence-corrected chi connectivity index (χ0v) is 21.5. The van der Waals surface area contributed by atoms with Crippen LogP contribution in [0.1, 0.15) is 30.0 Å². The molecule has 1 amide bonds. The van der Waals surface area contributed by atoms with Crippen molar-refractivity contribution in [3.05, 3.63) is 144 Å². The molecule has 4 heteroatoms. The minimum Gasteiger partial charge on any atom is -0.497 e. The van der Waals surface area contributed by atoms with Crippen molar-refractivity contribution < 1.29 is 9.53 Å². The van der Waals surface area contributed by atoms with Crippen molar-refractivity contribution in [2.45, 2.75) is 13.3 Å². The van der Waals surface area contributed by atoms with Gasteiger partial charge in [-0.15, -0.1) is 0 Å². The van der Waals surface area contributed by atoms with Crippen LogP contribution >= 0.6 is 0 Å². The van der Waals surface area contributed by atoms with Crippen molar-refractivity contribution in [1.29, 1.82) is 0 Å². The van der Waals surface area contributed by atoms with E-state index in [1.807, 2.05) is 91.0 Å². The quantitative estimate of drug-likeness (QED) is 0.279. The second kappa shape index (κ2) is 9.64. The minimum absolute atomic E-state index is 0.0769. The molecule has 0 aromatic heterocycles. The van der Waals surface area contributed by atoms with Crippen LogP contribution in [0.3, 0.4) is 0 Å². The van der Waals surface area contributed by atoms with E-state index in [0.29, 0.717) is 5.71 Å². The SMILES string of the molecule is CCC1=C(c2ccccc2)[C@]2(C(=O)N(c3ccccc3)N=C2c2ccc(OC)cc2)C(c2ccccc2)=C1. The highest BCUT2D eigenvalue weighted by Gasteiger charge is 2.60. The molecule has 1 aliphatic carbocycles. The van der Waals surface area contributed by atoms with Crippen LogP contribution in [0.2, 0.25) is 0 Å². The highest BCUT2D eigenvalue weighted by molar-refractivity contribution is 6.39. The number of para-hydroxylation sites is 1. The van der Waals surface area contributed by atoms with Gasteiger partial charge in [0.25, 0.3) is 5.91 Å². The van der Waals surface area contributed by atoms with E-state index in [9.17, 15) is 4.79 Å². The number of rotatable bonds is 6. The second-order valence-corrected chi connectivity index (χ2v) is 9.42. The van der Waals surface area contributed by atoms with Crippen molar-refractivity contribution in [1.82, 2.24) is 0 Å². The number of nitrogens with zero attached hydrogens (tertiary/aromatic N) is 2. The smallest absolute Gasteiger partial charge is 0.268 e. The van der Waals surface area contributed by atoms with Crippen LogP contribution in [0.4, 0.5) is 5.69 Å². The molecule has 1 aliphatic heterocycles. The van der Waals surface area contributed by atoms with Crippen LogP contribution in [-0.2, 0) is 4.79 Å². The molecule has 2 aliphatic rings. The van der Waals surface area contributed by atoms with Crippen LogP contribution in [0.25, 0.3) is 11.1 Å². The molecule has 0 saturated heterocycles. The molecule has 4 nitrogen and oxygen atoms in total. The number of allylic oxidation sites excluding steroid dienone is 2. The summed E-state index contributed by atoms with van der Waals surface area (Å²) in [7, 11) is 1.65. The lowest BCUT2D eigenvalue weighted by Crippen LogP contribution is -2.41. The zero-order valence-electron chi connectivity index (χ0n) is 21.5. The molecule has 186 valence electrons. The van der Waals surface area contributed by atoms with Crippen molar-refractivity contribution in [3.63, 3.8) is 0 Å². The molecular weight excluding hydrogens is 468 g/mol. The summed E-state index contributed by atoms with van der Waals surface area (Å²) in [5.74, 6) is 0.679. The van der Waals surface area contributed by atoms with Crippen LogP contribution in [0, 0.1) is 5.41 Å². The van der Waals surface area contributed by atoms with Crippen molar-refractivity contribution in [3.8, 4) is 5.75 Å². The fourth-order valence-electron chi connectivity index (χ4n) is 5.65. The van der Waals surface area contributed by atoms with Gasteiger partial charge >= 0.3 is 0 Å². The van der Waals surface area contributed by atoms with E-state index in [-0.39, 0.29) is 5.91 Å². The van der Waals surface area contributed by atoms with Gasteiger partial charge < -0.3 is 4.74 Å². The number of ether oxygens (including phenoxy) is 1. The van der Waals surface area contributed by atoms with Crippen LogP contribution in [0.5, 0.6) is 5.75 Å². The van der Waals surface area contributed by atoms with Gasteiger partial charge in [-0.25, -0.2) is 0 Å². The summed E-state index contributed by atoms with van der Waals surface area (Å²) in [4.78, 5) is 15.0. The number of methoxy groups -OCH3 is 1. The maximum atomic E-state index is 15.0. The van der Waals surface area contributed by atoms with E-state index in [4.69, 9.17) is 9.84 Å². The molecule has 4 aromatic carbocycles. The lowest BCUT2D eigenvalue weighted by atomic mass is 9.66. The third kappa shape index (κ3) is 3.60. The summed E-state index contributed by atoms with van der Waals surface area (Å²) < 4.78 is 5.44. The minimum atomic E-state index is -1.11. The summed E-state index contributed by atoms with van der Waals surface area (Å²) in [6, 6.07) is 38.0. The largest absolute Gasteiger partial charge is 0.497 e. The number of anilines is 1. The highest BCUT2D eigenvalue weighted by Crippen LogP contribution is 2.58. The Morgan fingerprint density at radius 2 is 1.32 bits per heavy atom. The number of carbonyl (C=O) groups excluding carboxylic acids is 1. The maximum absolute atomic E-state index is 15.0. The Hall–Kier alpha value is -4.70. The van der Waals surface area contributed by atoms with Gasteiger partial charge in [0, 0.05) is 0 Å². The first kappa shape index (κ1) is 23.7. The summed E-state index contributed by atoms with van der Waals surface area (Å²) >= 11 is 0. The number of carbonyl (C=O) groups is 1. The Morgan fingerprint density at radius 3 is 1.89 bits per heavy atom. The van der Waals surface area contributed by atoms with Gasteiger partial charge in [-0.3, -0.25) is 4.79 Å². The predicted octanol–water partition coefficient (Wildman–Crippen LogP) is 7.39. The van der Waals surface area contributed by atoms with Gasteiger partial charge in [0.05, 0.1) is 18.5 Å². The number of hydrogen-bond acceptors (Lipinski definition) is 3. The Bertz CT molecular complexity index is 1570. The molecule has 38 heavy (non-hydrogen) atoms. The summed E-state index contributed by atoms with van der Waals surface area (Å²) in [5, 5.41) is 6.69. The molecular formula is C34H28N2O2. The molecule has 1 atom stereocenters.